The molecule has 0 saturated heterocycles. The predicted molar refractivity (Wildman–Crippen MR) is 76.7 cm³/mol. The minimum absolute atomic E-state index is 0.0422. The van der Waals surface area contributed by atoms with Gasteiger partial charge in [0.25, 0.3) is 5.91 Å². The molecule has 0 radical (unpaired) electrons. The highest BCUT2D eigenvalue weighted by molar-refractivity contribution is 6.29. The molecule has 106 valence electrons. The van der Waals surface area contributed by atoms with Gasteiger partial charge in [-0.2, -0.15) is 0 Å². The molecular formula is C14H10ClN3O3. The monoisotopic (exact) mass is 303 g/mol. The fourth-order valence-corrected chi connectivity index (χ4v) is 2.40. The molecule has 0 aliphatic heterocycles. The summed E-state index contributed by atoms with van der Waals surface area (Å²) < 4.78 is 6.05. The van der Waals surface area contributed by atoms with Crippen molar-refractivity contribution < 1.29 is 9.21 Å². The molecule has 0 aliphatic carbocycles. The molecule has 2 heterocycles. The number of fused-ring (bicyclic) bond motifs is 1. The van der Waals surface area contributed by atoms with E-state index in [4.69, 9.17) is 16.0 Å². The molecular weight excluding hydrogens is 294 g/mol. The molecule has 0 atom stereocenters. The number of aryl methyl sites for hydroxylation is 2. The first-order valence-electron chi connectivity index (χ1n) is 6.14. The van der Waals surface area contributed by atoms with Crippen LogP contribution in [0.25, 0.3) is 11.1 Å². The van der Waals surface area contributed by atoms with Crippen LogP contribution >= 0.6 is 11.6 Å². The fourth-order valence-electron chi connectivity index (χ4n) is 2.17. The molecule has 6 nitrogen and oxygen atoms in total. The molecule has 0 unspecified atom stereocenters. The predicted octanol–water partition coefficient (Wildman–Crippen LogP) is 2.34. The van der Waals surface area contributed by atoms with E-state index in [9.17, 15) is 9.59 Å². The summed E-state index contributed by atoms with van der Waals surface area (Å²) in [7, 11) is 0. The molecule has 0 spiro atoms. The number of para-hydroxylation sites is 1. The van der Waals surface area contributed by atoms with E-state index in [1.54, 1.807) is 32.0 Å². The van der Waals surface area contributed by atoms with Crippen LogP contribution in [0, 0.1) is 13.8 Å². The molecule has 21 heavy (non-hydrogen) atoms. The van der Waals surface area contributed by atoms with Crippen LogP contribution in [0.5, 0.6) is 0 Å². The molecule has 0 bridgehead atoms. The molecule has 0 fully saturated rings. The summed E-state index contributed by atoms with van der Waals surface area (Å²) in [6.45, 7) is 3.41. The van der Waals surface area contributed by atoms with Crippen LogP contribution in [0.1, 0.15) is 21.9 Å². The highest BCUT2D eigenvalue weighted by atomic mass is 35.5. The van der Waals surface area contributed by atoms with Crippen molar-refractivity contribution in [3.8, 4) is 0 Å². The maximum atomic E-state index is 12.6. The van der Waals surface area contributed by atoms with Crippen LogP contribution in [-0.4, -0.2) is 20.4 Å². The molecule has 0 amide bonds. The largest absolute Gasteiger partial charge is 0.427 e. The van der Waals surface area contributed by atoms with Gasteiger partial charge in [0, 0.05) is 6.07 Å². The second-order valence-electron chi connectivity index (χ2n) is 4.55. The lowest BCUT2D eigenvalue weighted by molar-refractivity contribution is 0.0951. The Balaban J connectivity index is 2.27. The van der Waals surface area contributed by atoms with Crippen molar-refractivity contribution in [2.24, 2.45) is 0 Å². The first-order chi connectivity index (χ1) is 9.97. The Labute approximate surface area is 124 Å². The lowest BCUT2D eigenvalue weighted by Gasteiger charge is -2.03. The number of aromatic nitrogens is 3. The second-order valence-corrected chi connectivity index (χ2v) is 4.94. The molecule has 7 heteroatoms. The molecule has 0 saturated carbocycles. The molecule has 2 aromatic heterocycles. The Hall–Kier alpha value is -2.47. The van der Waals surface area contributed by atoms with Crippen molar-refractivity contribution in [3.05, 3.63) is 57.1 Å². The van der Waals surface area contributed by atoms with Gasteiger partial charge in [0.2, 0.25) is 0 Å². The quantitative estimate of drug-likeness (QED) is 0.645. The standard InChI is InChI=1S/C14H10ClN3O3/c1-7-4-3-5-10-12(7)18(14(20)21-10)13(19)9-6-11(15)17-8(2)16-9/h3-6H,1-2H3. The summed E-state index contributed by atoms with van der Waals surface area (Å²) >= 11 is 5.83. The summed E-state index contributed by atoms with van der Waals surface area (Å²) in [5.41, 5.74) is 1.58. The summed E-state index contributed by atoms with van der Waals surface area (Å²) in [6, 6.07) is 6.49. The van der Waals surface area contributed by atoms with E-state index in [0.717, 1.165) is 10.1 Å². The van der Waals surface area contributed by atoms with Crippen molar-refractivity contribution in [3.63, 3.8) is 0 Å². The molecule has 0 aliphatic rings. The number of carbonyl (C=O) groups is 1. The van der Waals surface area contributed by atoms with Gasteiger partial charge in [0.05, 0.1) is 0 Å². The van der Waals surface area contributed by atoms with E-state index < -0.39 is 11.7 Å². The van der Waals surface area contributed by atoms with Gasteiger partial charge in [-0.15, -0.1) is 0 Å². The van der Waals surface area contributed by atoms with Gasteiger partial charge < -0.3 is 4.42 Å². The topological polar surface area (TPSA) is 78.0 Å². The lowest BCUT2D eigenvalue weighted by atomic mass is 10.2. The van der Waals surface area contributed by atoms with Gasteiger partial charge in [0.1, 0.15) is 22.2 Å². The highest BCUT2D eigenvalue weighted by Gasteiger charge is 2.20. The van der Waals surface area contributed by atoms with E-state index in [1.807, 2.05) is 0 Å². The SMILES string of the molecule is Cc1nc(Cl)cc(C(=O)n2c(=O)oc3cccc(C)c32)n1. The maximum Gasteiger partial charge on any atom is 0.427 e. The maximum absolute atomic E-state index is 12.6. The zero-order valence-corrected chi connectivity index (χ0v) is 12.0. The third kappa shape index (κ3) is 2.23. The zero-order chi connectivity index (χ0) is 15.1. The van der Waals surface area contributed by atoms with Gasteiger partial charge in [-0.1, -0.05) is 23.7 Å². The highest BCUT2D eigenvalue weighted by Crippen LogP contribution is 2.18. The number of carbonyl (C=O) groups excluding carboxylic acids is 1. The Morgan fingerprint density at radius 2 is 2.05 bits per heavy atom. The van der Waals surface area contributed by atoms with Crippen LogP contribution in [0.3, 0.4) is 0 Å². The summed E-state index contributed by atoms with van der Waals surface area (Å²) in [4.78, 5) is 32.4. The van der Waals surface area contributed by atoms with Crippen molar-refractivity contribution in [1.29, 1.82) is 0 Å². The number of hydrogen-bond acceptors (Lipinski definition) is 5. The van der Waals surface area contributed by atoms with Crippen LogP contribution in [0.4, 0.5) is 0 Å². The fraction of sp³-hybridized carbons (Fsp3) is 0.143. The Kier molecular flexibility index (Phi) is 3.10. The van der Waals surface area contributed by atoms with Crippen LogP contribution < -0.4 is 5.76 Å². The minimum atomic E-state index is -0.753. The number of benzene rings is 1. The van der Waals surface area contributed by atoms with Gasteiger partial charge in [-0.05, 0) is 25.5 Å². The molecule has 1 aromatic carbocycles. The lowest BCUT2D eigenvalue weighted by Crippen LogP contribution is -2.24. The summed E-state index contributed by atoms with van der Waals surface area (Å²) in [5, 5.41) is 0.142. The smallest absolute Gasteiger partial charge is 0.407 e. The van der Waals surface area contributed by atoms with E-state index in [1.165, 1.54) is 6.07 Å². The van der Waals surface area contributed by atoms with Gasteiger partial charge in [-0.3, -0.25) is 4.79 Å². The number of hydrogen-bond donors (Lipinski definition) is 0. The zero-order valence-electron chi connectivity index (χ0n) is 11.3. The summed E-state index contributed by atoms with van der Waals surface area (Å²) in [5.74, 6) is -0.999. The van der Waals surface area contributed by atoms with E-state index in [-0.39, 0.29) is 10.8 Å². The average Bonchev–Trinajstić information content (AvgIpc) is 2.74. The number of nitrogens with zero attached hydrogens (tertiary/aromatic N) is 3. The normalized spacial score (nSPS) is 11.0. The molecule has 3 aromatic rings. The van der Waals surface area contributed by atoms with E-state index >= 15 is 0 Å². The van der Waals surface area contributed by atoms with Crippen LogP contribution in [-0.2, 0) is 0 Å². The Morgan fingerprint density at radius 1 is 1.29 bits per heavy atom. The third-order valence-electron chi connectivity index (χ3n) is 3.03. The van der Waals surface area contributed by atoms with Gasteiger partial charge in [0.15, 0.2) is 5.58 Å². The molecule has 0 N–H and O–H groups in total. The van der Waals surface area contributed by atoms with Crippen LogP contribution in [0.15, 0.2) is 33.5 Å². The Bertz CT molecular complexity index is 907. The third-order valence-corrected chi connectivity index (χ3v) is 3.23. The Morgan fingerprint density at radius 3 is 2.76 bits per heavy atom. The van der Waals surface area contributed by atoms with Crippen molar-refractivity contribution in [2.75, 3.05) is 0 Å². The first kappa shape index (κ1) is 13.5. The summed E-state index contributed by atoms with van der Waals surface area (Å²) in [6.07, 6.45) is 0. The van der Waals surface area contributed by atoms with Crippen molar-refractivity contribution >= 4 is 28.6 Å². The number of rotatable bonds is 1. The van der Waals surface area contributed by atoms with Gasteiger partial charge >= 0.3 is 5.76 Å². The van der Waals surface area contributed by atoms with E-state index in [0.29, 0.717) is 16.9 Å². The van der Waals surface area contributed by atoms with Crippen molar-refractivity contribution in [2.45, 2.75) is 13.8 Å². The number of halogens is 1. The number of oxazole rings is 1. The molecule has 3 rings (SSSR count). The van der Waals surface area contributed by atoms with Crippen LogP contribution in [0.2, 0.25) is 5.15 Å². The average molecular weight is 304 g/mol. The van der Waals surface area contributed by atoms with Gasteiger partial charge in [-0.25, -0.2) is 19.3 Å². The van der Waals surface area contributed by atoms with Crippen molar-refractivity contribution in [1.82, 2.24) is 14.5 Å². The second kappa shape index (κ2) is 4.82. The first-order valence-corrected chi connectivity index (χ1v) is 6.52. The van der Waals surface area contributed by atoms with E-state index in [2.05, 4.69) is 9.97 Å². The minimum Gasteiger partial charge on any atom is -0.407 e.